The molecule has 34 heavy (non-hydrogen) atoms. The third-order valence-corrected chi connectivity index (χ3v) is 5.91. The monoisotopic (exact) mass is 454 g/mol. The summed E-state index contributed by atoms with van der Waals surface area (Å²) in [4.78, 5) is 11.2. The summed E-state index contributed by atoms with van der Waals surface area (Å²) in [7, 11) is 0. The molecule has 1 N–H and O–H groups in total. The quantitative estimate of drug-likeness (QED) is 0.481. The Bertz CT molecular complexity index is 1300. The van der Waals surface area contributed by atoms with Crippen molar-refractivity contribution in [1.29, 1.82) is 0 Å². The Morgan fingerprint density at radius 3 is 2.74 bits per heavy atom. The van der Waals surface area contributed by atoms with Crippen LogP contribution in [0.1, 0.15) is 31.4 Å². The summed E-state index contributed by atoms with van der Waals surface area (Å²) in [5.41, 5.74) is 5.71. The van der Waals surface area contributed by atoms with Crippen molar-refractivity contribution in [2.45, 2.75) is 26.8 Å². The van der Waals surface area contributed by atoms with Crippen molar-refractivity contribution in [2.24, 2.45) is 0 Å². The Morgan fingerprint density at radius 2 is 1.91 bits per heavy atom. The highest BCUT2D eigenvalue weighted by molar-refractivity contribution is 5.78. The third-order valence-electron chi connectivity index (χ3n) is 5.91. The molecule has 0 bridgehead atoms. The lowest BCUT2D eigenvalue weighted by molar-refractivity contribution is 0.303. The van der Waals surface area contributed by atoms with E-state index in [1.54, 1.807) is 12.3 Å². The van der Waals surface area contributed by atoms with E-state index in [0.29, 0.717) is 29.6 Å². The van der Waals surface area contributed by atoms with E-state index in [1.165, 1.54) is 22.8 Å². The second-order valence-electron chi connectivity index (χ2n) is 8.76. The van der Waals surface area contributed by atoms with Crippen molar-refractivity contribution in [3.05, 3.63) is 101 Å². The fourth-order valence-electron chi connectivity index (χ4n) is 4.30. The summed E-state index contributed by atoms with van der Waals surface area (Å²) >= 11 is 0. The molecule has 0 radical (unpaired) electrons. The van der Waals surface area contributed by atoms with Crippen LogP contribution in [0.4, 0.5) is 21.8 Å². The van der Waals surface area contributed by atoms with Gasteiger partial charge in [0.25, 0.3) is 0 Å². The maximum atomic E-state index is 15.1. The first-order valence-electron chi connectivity index (χ1n) is 11.5. The van der Waals surface area contributed by atoms with Gasteiger partial charge in [-0.15, -0.1) is 0 Å². The number of halogens is 1. The molecule has 0 atom stereocenters. The lowest BCUT2D eigenvalue weighted by atomic mass is 10.0. The minimum absolute atomic E-state index is 0.291. The summed E-state index contributed by atoms with van der Waals surface area (Å²) in [5, 5.41) is 3.15. The average molecular weight is 455 g/mol. The highest BCUT2D eigenvalue weighted by atomic mass is 19.1. The largest absolute Gasteiger partial charge is 0.486 e. The molecular weight excluding hydrogens is 427 g/mol. The Labute approximate surface area is 199 Å². The Morgan fingerprint density at radius 1 is 1.06 bits per heavy atom. The first-order chi connectivity index (χ1) is 16.5. The van der Waals surface area contributed by atoms with E-state index in [4.69, 9.17) is 4.74 Å². The number of hydrogen-bond donors (Lipinski definition) is 1. The summed E-state index contributed by atoms with van der Waals surface area (Å²) in [5.74, 6) is 1.49. The SMILES string of the molecule is CC1=CC=C(c2ccc(Nc3ncc4c(n3)N(Cc3ccccc3)CCO4)cc2F)C=C(C)C1. The van der Waals surface area contributed by atoms with Gasteiger partial charge in [-0.05, 0) is 49.6 Å². The van der Waals surface area contributed by atoms with Crippen LogP contribution in [0, 0.1) is 5.82 Å². The number of fused-ring (bicyclic) bond motifs is 1. The zero-order valence-electron chi connectivity index (χ0n) is 19.4. The number of allylic oxidation sites excluding steroid dienone is 6. The number of rotatable bonds is 5. The maximum Gasteiger partial charge on any atom is 0.229 e. The molecule has 2 aliphatic rings. The van der Waals surface area contributed by atoms with Gasteiger partial charge in [-0.25, -0.2) is 9.37 Å². The summed E-state index contributed by atoms with van der Waals surface area (Å²) < 4.78 is 20.8. The Balaban J connectivity index is 1.37. The van der Waals surface area contributed by atoms with E-state index in [-0.39, 0.29) is 5.82 Å². The molecule has 0 amide bonds. The highest BCUT2D eigenvalue weighted by Crippen LogP contribution is 2.32. The number of benzene rings is 2. The molecule has 2 heterocycles. The molecule has 5 nitrogen and oxygen atoms in total. The molecular formula is C28H27FN4O. The standard InChI is InChI=1S/C28H27FN4O/c1-19-8-9-22(15-20(2)14-19)24-11-10-23(16-25(24)29)31-28-30-17-26-27(32-28)33(12-13-34-26)18-21-6-4-3-5-7-21/h3-11,15-17H,12-14,18H2,1-2H3,(H,30,31,32). The van der Waals surface area contributed by atoms with E-state index >= 15 is 4.39 Å². The molecule has 0 unspecified atom stereocenters. The normalized spacial score (nSPS) is 15.4. The van der Waals surface area contributed by atoms with Crippen molar-refractivity contribution in [3.63, 3.8) is 0 Å². The lowest BCUT2D eigenvalue weighted by Gasteiger charge is -2.30. The van der Waals surface area contributed by atoms with Crippen LogP contribution in [0.3, 0.4) is 0 Å². The molecule has 0 saturated heterocycles. The minimum atomic E-state index is -0.291. The zero-order valence-corrected chi connectivity index (χ0v) is 19.4. The van der Waals surface area contributed by atoms with Crippen LogP contribution in [0.15, 0.2) is 84.1 Å². The number of ether oxygens (including phenoxy) is 1. The van der Waals surface area contributed by atoms with Gasteiger partial charge < -0.3 is 15.0 Å². The third kappa shape index (κ3) is 4.86. The molecule has 6 heteroatoms. The van der Waals surface area contributed by atoms with Crippen LogP contribution >= 0.6 is 0 Å². The van der Waals surface area contributed by atoms with Crippen molar-refractivity contribution >= 4 is 23.0 Å². The second kappa shape index (κ2) is 9.51. The van der Waals surface area contributed by atoms with Crippen LogP contribution in [-0.2, 0) is 6.54 Å². The van der Waals surface area contributed by atoms with Gasteiger partial charge in [0.1, 0.15) is 12.4 Å². The molecule has 5 rings (SSSR count). The Kier molecular flexibility index (Phi) is 6.12. The van der Waals surface area contributed by atoms with Gasteiger partial charge >= 0.3 is 0 Å². The average Bonchev–Trinajstić information content (AvgIpc) is 3.00. The smallest absolute Gasteiger partial charge is 0.229 e. The van der Waals surface area contributed by atoms with Gasteiger partial charge in [0.15, 0.2) is 11.6 Å². The second-order valence-corrected chi connectivity index (χ2v) is 8.76. The molecule has 172 valence electrons. The van der Waals surface area contributed by atoms with Gasteiger partial charge in [0.05, 0.1) is 12.7 Å². The van der Waals surface area contributed by atoms with E-state index in [0.717, 1.165) is 30.9 Å². The molecule has 1 aliphatic carbocycles. The minimum Gasteiger partial charge on any atom is -0.486 e. The highest BCUT2D eigenvalue weighted by Gasteiger charge is 2.21. The van der Waals surface area contributed by atoms with Crippen LogP contribution in [0.5, 0.6) is 5.75 Å². The molecule has 1 aromatic heterocycles. The van der Waals surface area contributed by atoms with Gasteiger partial charge in [0, 0.05) is 17.8 Å². The fourth-order valence-corrected chi connectivity index (χ4v) is 4.30. The van der Waals surface area contributed by atoms with E-state index < -0.39 is 0 Å². The maximum absolute atomic E-state index is 15.1. The number of nitrogens with zero attached hydrogens (tertiary/aromatic N) is 3. The fraction of sp³-hybridized carbons (Fsp3) is 0.214. The predicted octanol–water partition coefficient (Wildman–Crippen LogP) is 6.44. The first kappa shape index (κ1) is 21.9. The number of aromatic nitrogens is 2. The topological polar surface area (TPSA) is 50.3 Å². The summed E-state index contributed by atoms with van der Waals surface area (Å²) in [6.07, 6.45) is 8.66. The molecule has 0 saturated carbocycles. The lowest BCUT2D eigenvalue weighted by Crippen LogP contribution is -2.33. The number of nitrogens with one attached hydrogen (secondary N) is 1. The van der Waals surface area contributed by atoms with Crippen molar-refractivity contribution in [3.8, 4) is 5.75 Å². The Hall–Kier alpha value is -3.93. The molecule has 0 spiro atoms. The zero-order chi connectivity index (χ0) is 23.5. The summed E-state index contributed by atoms with van der Waals surface area (Å²) in [6.45, 7) is 6.21. The van der Waals surface area contributed by atoms with Crippen molar-refractivity contribution in [1.82, 2.24) is 9.97 Å². The van der Waals surface area contributed by atoms with Crippen LogP contribution in [-0.4, -0.2) is 23.1 Å². The van der Waals surface area contributed by atoms with Gasteiger partial charge in [-0.2, -0.15) is 4.98 Å². The molecule has 3 aromatic rings. The van der Waals surface area contributed by atoms with Gasteiger partial charge in [-0.3, -0.25) is 0 Å². The van der Waals surface area contributed by atoms with Crippen LogP contribution in [0.2, 0.25) is 0 Å². The molecule has 2 aromatic carbocycles. The van der Waals surface area contributed by atoms with E-state index in [1.807, 2.05) is 36.4 Å². The summed E-state index contributed by atoms with van der Waals surface area (Å²) in [6, 6.07) is 15.4. The molecule has 0 fully saturated rings. The first-order valence-corrected chi connectivity index (χ1v) is 11.5. The van der Waals surface area contributed by atoms with Crippen LogP contribution in [0.25, 0.3) is 5.57 Å². The van der Waals surface area contributed by atoms with Gasteiger partial charge in [0.2, 0.25) is 5.95 Å². The number of hydrogen-bond acceptors (Lipinski definition) is 5. The van der Waals surface area contributed by atoms with Crippen LogP contribution < -0.4 is 15.0 Å². The predicted molar refractivity (Wildman–Crippen MR) is 135 cm³/mol. The van der Waals surface area contributed by atoms with Crippen molar-refractivity contribution < 1.29 is 9.13 Å². The number of anilines is 3. The van der Waals surface area contributed by atoms with Crippen molar-refractivity contribution in [2.75, 3.05) is 23.4 Å². The molecule has 1 aliphatic heterocycles. The van der Waals surface area contributed by atoms with E-state index in [9.17, 15) is 0 Å². The van der Waals surface area contributed by atoms with Gasteiger partial charge in [-0.1, -0.05) is 59.7 Å². The van der Waals surface area contributed by atoms with E-state index in [2.05, 4.69) is 52.2 Å².